The number of carboxylic acid groups (broad SMARTS) is 1. The summed E-state index contributed by atoms with van der Waals surface area (Å²) in [7, 11) is 1.55. The van der Waals surface area contributed by atoms with Crippen LogP contribution in [0.5, 0.6) is 11.5 Å². The zero-order chi connectivity index (χ0) is 20.4. The first-order chi connectivity index (χ1) is 13.6. The van der Waals surface area contributed by atoms with Gasteiger partial charge in [-0.25, -0.2) is 4.79 Å². The van der Waals surface area contributed by atoms with E-state index in [1.807, 2.05) is 0 Å². The molecule has 2 N–H and O–H groups in total. The van der Waals surface area contributed by atoms with Gasteiger partial charge in [-0.05, 0) is 42.8 Å². The molecular formula is C22H21NO5. The molecule has 144 valence electrons. The molecule has 0 saturated carbocycles. The largest absolute Gasteiger partial charge is 0.493 e. The predicted octanol–water partition coefficient (Wildman–Crippen LogP) is 3.49. The first-order valence-corrected chi connectivity index (χ1v) is 8.51. The van der Waals surface area contributed by atoms with Crippen molar-refractivity contribution in [1.82, 2.24) is 0 Å². The molecule has 6 heteroatoms. The summed E-state index contributed by atoms with van der Waals surface area (Å²) < 4.78 is 10.9. The van der Waals surface area contributed by atoms with E-state index in [0.29, 0.717) is 22.8 Å². The molecule has 0 heterocycles. The first kappa shape index (κ1) is 20.6. The topological polar surface area (TPSA) is 84.9 Å². The number of methoxy groups -OCH3 is 1. The van der Waals surface area contributed by atoms with Gasteiger partial charge in [0.05, 0.1) is 12.7 Å². The molecule has 0 fully saturated rings. The lowest BCUT2D eigenvalue weighted by Crippen LogP contribution is -2.10. The van der Waals surface area contributed by atoms with Crippen LogP contribution in [0.3, 0.4) is 0 Å². The van der Waals surface area contributed by atoms with Crippen LogP contribution in [-0.4, -0.2) is 37.6 Å². The lowest BCUT2D eigenvalue weighted by atomic mass is 10.1. The van der Waals surface area contributed by atoms with Crippen molar-refractivity contribution < 1.29 is 24.2 Å². The zero-order valence-electron chi connectivity index (χ0n) is 15.7. The van der Waals surface area contributed by atoms with Gasteiger partial charge in [0.15, 0.2) is 11.5 Å². The molecule has 0 unspecified atom stereocenters. The van der Waals surface area contributed by atoms with Crippen LogP contribution in [0.1, 0.15) is 22.8 Å². The summed E-state index contributed by atoms with van der Waals surface area (Å²) in [6.45, 7) is 2.14. The Morgan fingerprint density at radius 2 is 2.00 bits per heavy atom. The van der Waals surface area contributed by atoms with E-state index in [2.05, 4.69) is 17.2 Å². The maximum atomic E-state index is 11.5. The van der Waals surface area contributed by atoms with Crippen molar-refractivity contribution >= 4 is 24.0 Å². The van der Waals surface area contributed by atoms with Gasteiger partial charge in [-0.2, -0.15) is 0 Å². The third-order valence-corrected chi connectivity index (χ3v) is 3.81. The van der Waals surface area contributed by atoms with E-state index in [4.69, 9.17) is 9.47 Å². The number of carboxylic acids is 1. The van der Waals surface area contributed by atoms with Gasteiger partial charge in [0.25, 0.3) is 0 Å². The van der Waals surface area contributed by atoms with Crippen molar-refractivity contribution in [3.8, 4) is 23.3 Å². The molecule has 28 heavy (non-hydrogen) atoms. The smallest absolute Gasteiger partial charge is 0.337 e. The zero-order valence-corrected chi connectivity index (χ0v) is 15.7. The number of hydrogen-bond donors (Lipinski definition) is 2. The molecule has 0 aliphatic heterocycles. The van der Waals surface area contributed by atoms with Crippen LogP contribution < -0.4 is 14.8 Å². The number of hydrogen-bond acceptors (Lipinski definition) is 5. The van der Waals surface area contributed by atoms with E-state index in [0.717, 1.165) is 11.8 Å². The maximum absolute atomic E-state index is 11.5. The van der Waals surface area contributed by atoms with Gasteiger partial charge in [-0.15, -0.1) is 5.92 Å². The monoisotopic (exact) mass is 379 g/mol. The number of carbonyl (C=O) groups is 2. The number of aldehydes is 1. The second-order valence-electron chi connectivity index (χ2n) is 5.67. The highest BCUT2D eigenvalue weighted by Gasteiger charge is 2.09. The van der Waals surface area contributed by atoms with Gasteiger partial charge < -0.3 is 19.9 Å². The van der Waals surface area contributed by atoms with Crippen molar-refractivity contribution in [2.75, 3.05) is 25.6 Å². The molecule has 0 saturated heterocycles. The van der Waals surface area contributed by atoms with E-state index in [9.17, 15) is 14.7 Å². The lowest BCUT2D eigenvalue weighted by molar-refractivity contribution is -0.104. The van der Waals surface area contributed by atoms with Crippen LogP contribution in [0.15, 0.2) is 48.0 Å². The molecular weight excluding hydrogens is 358 g/mol. The summed E-state index contributed by atoms with van der Waals surface area (Å²) in [5.41, 5.74) is 1.78. The summed E-state index contributed by atoms with van der Waals surface area (Å²) >= 11 is 0. The summed E-state index contributed by atoms with van der Waals surface area (Å²) in [6.07, 6.45) is 2.42. The highest BCUT2D eigenvalue weighted by molar-refractivity contribution is 5.94. The van der Waals surface area contributed by atoms with E-state index >= 15 is 0 Å². The molecule has 2 aromatic rings. The molecule has 0 aromatic heterocycles. The van der Waals surface area contributed by atoms with Crippen molar-refractivity contribution in [2.24, 2.45) is 0 Å². The third-order valence-electron chi connectivity index (χ3n) is 3.81. The molecule has 0 aliphatic rings. The predicted molar refractivity (Wildman–Crippen MR) is 108 cm³/mol. The summed E-state index contributed by atoms with van der Waals surface area (Å²) in [4.78, 5) is 22.7. The highest BCUT2D eigenvalue weighted by Crippen LogP contribution is 2.29. The fourth-order valence-electron chi connectivity index (χ4n) is 2.44. The Bertz CT molecular complexity index is 937. The van der Waals surface area contributed by atoms with Crippen LogP contribution in [0.4, 0.5) is 5.69 Å². The highest BCUT2D eigenvalue weighted by atomic mass is 16.5. The minimum absolute atomic E-state index is 0.143. The molecule has 6 nitrogen and oxygen atoms in total. The number of anilines is 1. The second kappa shape index (κ2) is 10.4. The van der Waals surface area contributed by atoms with Gasteiger partial charge >= 0.3 is 5.97 Å². The van der Waals surface area contributed by atoms with Gasteiger partial charge in [0.2, 0.25) is 0 Å². The maximum Gasteiger partial charge on any atom is 0.337 e. The number of rotatable bonds is 9. The Balaban J connectivity index is 2.19. The molecule has 0 aliphatic carbocycles. The fourth-order valence-corrected chi connectivity index (χ4v) is 2.44. The fraction of sp³-hybridized carbons (Fsp3) is 0.182. The van der Waals surface area contributed by atoms with E-state index in [1.165, 1.54) is 6.07 Å². The Labute approximate surface area is 163 Å². The van der Waals surface area contributed by atoms with E-state index < -0.39 is 5.97 Å². The Hall–Kier alpha value is -3.72. The average Bonchev–Trinajstić information content (AvgIpc) is 2.71. The minimum Gasteiger partial charge on any atom is -0.493 e. The molecule has 2 aromatic carbocycles. The first-order valence-electron chi connectivity index (χ1n) is 8.51. The standard InChI is InChI=1S/C22H21NO5/c1-3-4-11-28-21-13-16(9-10-20(21)27-2)12-17(15-24)14-23-19-8-6-5-7-18(19)22(25)26/h5-10,12-13,15,23H,11,14H2,1-2H3,(H,25,26)/b17-12-. The Morgan fingerprint density at radius 1 is 1.21 bits per heavy atom. The van der Waals surface area contributed by atoms with Crippen LogP contribution in [0, 0.1) is 11.8 Å². The van der Waals surface area contributed by atoms with Crippen LogP contribution in [0.2, 0.25) is 0 Å². The molecule has 0 spiro atoms. The van der Waals surface area contributed by atoms with Gasteiger partial charge in [0.1, 0.15) is 12.9 Å². The molecule has 0 amide bonds. The Morgan fingerprint density at radius 3 is 2.68 bits per heavy atom. The molecule has 0 radical (unpaired) electrons. The minimum atomic E-state index is -1.04. The van der Waals surface area contributed by atoms with Crippen LogP contribution in [-0.2, 0) is 4.79 Å². The number of nitrogens with one attached hydrogen (secondary N) is 1. The number of benzene rings is 2. The van der Waals surface area contributed by atoms with Crippen molar-refractivity contribution in [3.05, 3.63) is 59.2 Å². The summed E-state index contributed by atoms with van der Waals surface area (Å²) in [5.74, 6) is 5.62. The quantitative estimate of drug-likeness (QED) is 0.394. The van der Waals surface area contributed by atoms with Crippen LogP contribution in [0.25, 0.3) is 6.08 Å². The van der Waals surface area contributed by atoms with Crippen molar-refractivity contribution in [3.63, 3.8) is 0 Å². The molecule has 0 atom stereocenters. The number of para-hydroxylation sites is 1. The SMILES string of the molecule is CC#CCOc1cc(/C=C(\C=O)CNc2ccccc2C(=O)O)ccc1OC. The second-order valence-corrected chi connectivity index (χ2v) is 5.67. The van der Waals surface area contributed by atoms with Crippen molar-refractivity contribution in [1.29, 1.82) is 0 Å². The number of aromatic carboxylic acids is 1. The number of ether oxygens (including phenoxy) is 2. The van der Waals surface area contributed by atoms with Crippen molar-refractivity contribution in [2.45, 2.75) is 6.92 Å². The lowest BCUT2D eigenvalue weighted by Gasteiger charge is -2.11. The number of carbonyl (C=O) groups excluding carboxylic acids is 1. The Kier molecular flexibility index (Phi) is 7.67. The molecule has 2 rings (SSSR count). The van der Waals surface area contributed by atoms with Gasteiger partial charge in [0, 0.05) is 17.8 Å². The average molecular weight is 379 g/mol. The third kappa shape index (κ3) is 5.64. The summed E-state index contributed by atoms with van der Waals surface area (Å²) in [5, 5.41) is 12.2. The van der Waals surface area contributed by atoms with E-state index in [1.54, 1.807) is 56.5 Å². The normalized spacial score (nSPS) is 10.4. The van der Waals surface area contributed by atoms with E-state index in [-0.39, 0.29) is 18.7 Å². The van der Waals surface area contributed by atoms with Gasteiger partial charge in [-0.3, -0.25) is 4.79 Å². The van der Waals surface area contributed by atoms with Gasteiger partial charge in [-0.1, -0.05) is 24.1 Å². The summed E-state index contributed by atoms with van der Waals surface area (Å²) in [6, 6.07) is 11.8. The van der Waals surface area contributed by atoms with Crippen LogP contribution >= 0.6 is 0 Å². The molecule has 0 bridgehead atoms.